The molecule has 7 nitrogen and oxygen atoms in total. The number of Topliss-reactive ketones (excluding diaryl/α,β-unsaturated/α-hetero) is 1. The molecule has 1 heterocycles. The number of aliphatic hydroxyl groups excluding tert-OH is 1. The number of hydrogen-bond acceptors (Lipinski definition) is 5. The molecule has 1 aromatic rings. The topological polar surface area (TPSA) is 99.1 Å². The molecule has 1 aliphatic rings. The number of unbranched alkanes of at least 4 members (excludes halogenated alkanes) is 1. The molecule has 7 heteroatoms. The van der Waals surface area contributed by atoms with Crippen LogP contribution in [0.15, 0.2) is 35.4 Å². The summed E-state index contributed by atoms with van der Waals surface area (Å²) in [6, 6.07) is 9.58. The first-order chi connectivity index (χ1) is 13.4. The van der Waals surface area contributed by atoms with E-state index in [0.29, 0.717) is 19.3 Å². The number of nitrogens with one attached hydrogen (secondary N) is 1. The summed E-state index contributed by atoms with van der Waals surface area (Å²) in [6.45, 7) is 3.52. The summed E-state index contributed by atoms with van der Waals surface area (Å²) >= 11 is 0. The number of ketones is 1. The van der Waals surface area contributed by atoms with Crippen LogP contribution in [-0.4, -0.2) is 46.1 Å². The largest absolute Gasteiger partial charge is 0.373 e. The summed E-state index contributed by atoms with van der Waals surface area (Å²) in [7, 11) is 0. The number of aliphatic hydroxyl groups is 1. The Bertz CT molecular complexity index is 718. The zero-order valence-electron chi connectivity index (χ0n) is 16.6. The normalized spacial score (nSPS) is 19.8. The Morgan fingerprint density at radius 3 is 2.46 bits per heavy atom. The number of amides is 2. The van der Waals surface area contributed by atoms with Crippen molar-refractivity contribution in [3.8, 4) is 0 Å². The van der Waals surface area contributed by atoms with Crippen LogP contribution in [0.2, 0.25) is 0 Å². The Labute approximate surface area is 165 Å². The monoisotopic (exact) mass is 387 g/mol. The summed E-state index contributed by atoms with van der Waals surface area (Å²) in [6.07, 6.45) is 2.43. The predicted molar refractivity (Wildman–Crippen MR) is 106 cm³/mol. The minimum atomic E-state index is -0.819. The maximum Gasteiger partial charge on any atom is 0.241 e. The Kier molecular flexibility index (Phi) is 8.32. The number of likely N-dealkylation sites (tertiary alicyclic amines) is 1. The van der Waals surface area contributed by atoms with E-state index in [4.69, 9.17) is 0 Å². The molecular formula is C21H29N3O4. The van der Waals surface area contributed by atoms with E-state index in [1.165, 1.54) is 4.90 Å². The van der Waals surface area contributed by atoms with Gasteiger partial charge < -0.3 is 14.8 Å². The number of hydrazone groups is 1. The Morgan fingerprint density at radius 2 is 1.86 bits per heavy atom. The van der Waals surface area contributed by atoms with Crippen molar-refractivity contribution in [1.82, 2.24) is 10.3 Å². The molecule has 2 atom stereocenters. The van der Waals surface area contributed by atoms with Gasteiger partial charge in [0, 0.05) is 31.7 Å². The fourth-order valence-electron chi connectivity index (χ4n) is 3.20. The zero-order chi connectivity index (χ0) is 20.5. The fourth-order valence-corrected chi connectivity index (χ4v) is 3.20. The number of carbonyl (C=O) groups excluding carboxylic acids is 3. The number of benzene rings is 1. The number of rotatable bonds is 10. The van der Waals surface area contributed by atoms with E-state index in [9.17, 15) is 19.5 Å². The Hall–Kier alpha value is -2.54. The fraction of sp³-hybridized carbons (Fsp3) is 0.524. The summed E-state index contributed by atoms with van der Waals surface area (Å²) in [5, 5.41) is 14.2. The Balaban J connectivity index is 1.90. The first-order valence-electron chi connectivity index (χ1n) is 9.77. The molecule has 0 saturated carbocycles. The number of carbonyl (C=O) groups is 3. The molecule has 2 unspecified atom stereocenters. The summed E-state index contributed by atoms with van der Waals surface area (Å²) in [4.78, 5) is 36.6. The van der Waals surface area contributed by atoms with E-state index in [1.807, 2.05) is 30.3 Å². The van der Waals surface area contributed by atoms with Gasteiger partial charge in [0.1, 0.15) is 12.0 Å². The maximum atomic E-state index is 12.2. The van der Waals surface area contributed by atoms with Crippen molar-refractivity contribution in [2.45, 2.75) is 58.6 Å². The third-order valence-corrected chi connectivity index (χ3v) is 4.82. The van der Waals surface area contributed by atoms with E-state index < -0.39 is 6.23 Å². The summed E-state index contributed by atoms with van der Waals surface area (Å²) < 4.78 is 0. The van der Waals surface area contributed by atoms with Crippen molar-refractivity contribution in [2.75, 3.05) is 6.54 Å². The van der Waals surface area contributed by atoms with E-state index >= 15 is 0 Å². The average Bonchev–Trinajstić information content (AvgIpc) is 2.91. The lowest BCUT2D eigenvalue weighted by molar-refractivity contribution is -0.136. The van der Waals surface area contributed by atoms with Crippen LogP contribution < -0.4 is 5.43 Å². The molecule has 1 saturated heterocycles. The lowest BCUT2D eigenvalue weighted by atomic mass is 10.0. The first kappa shape index (κ1) is 21.8. The highest BCUT2D eigenvalue weighted by Crippen LogP contribution is 2.22. The van der Waals surface area contributed by atoms with Crippen molar-refractivity contribution in [2.24, 2.45) is 11.0 Å². The molecular weight excluding hydrogens is 358 g/mol. The highest BCUT2D eigenvalue weighted by molar-refractivity contribution is 6.01. The molecule has 28 heavy (non-hydrogen) atoms. The molecule has 1 aromatic carbocycles. The van der Waals surface area contributed by atoms with Crippen molar-refractivity contribution in [3.63, 3.8) is 0 Å². The molecule has 2 rings (SSSR count). The second-order valence-corrected chi connectivity index (χ2v) is 7.27. The molecule has 0 aromatic heterocycles. The van der Waals surface area contributed by atoms with Gasteiger partial charge in [0.25, 0.3) is 0 Å². The van der Waals surface area contributed by atoms with Gasteiger partial charge in [0.05, 0.1) is 5.71 Å². The lowest BCUT2D eigenvalue weighted by Gasteiger charge is -2.19. The quantitative estimate of drug-likeness (QED) is 0.365. The van der Waals surface area contributed by atoms with Gasteiger partial charge in [-0.05, 0) is 31.7 Å². The van der Waals surface area contributed by atoms with Gasteiger partial charge >= 0.3 is 0 Å². The molecule has 0 aliphatic carbocycles. The minimum absolute atomic E-state index is 0.0748. The predicted octanol–water partition coefficient (Wildman–Crippen LogP) is 2.23. The number of hydrogen-bond donors (Lipinski definition) is 2. The van der Waals surface area contributed by atoms with E-state index in [-0.39, 0.29) is 36.5 Å². The van der Waals surface area contributed by atoms with Gasteiger partial charge in [-0.15, -0.1) is 0 Å². The van der Waals surface area contributed by atoms with Crippen LogP contribution in [0.4, 0.5) is 0 Å². The van der Waals surface area contributed by atoms with Crippen LogP contribution in [0.3, 0.4) is 0 Å². The highest BCUT2D eigenvalue weighted by atomic mass is 16.3. The molecule has 1 aliphatic heterocycles. The first-order valence-corrected chi connectivity index (χ1v) is 9.77. The third-order valence-electron chi connectivity index (χ3n) is 4.82. The minimum Gasteiger partial charge on any atom is -0.373 e. The molecule has 0 radical (unpaired) electrons. The van der Waals surface area contributed by atoms with Crippen LogP contribution in [0.5, 0.6) is 0 Å². The van der Waals surface area contributed by atoms with Crippen molar-refractivity contribution in [3.05, 3.63) is 35.9 Å². The smallest absolute Gasteiger partial charge is 0.241 e. The summed E-state index contributed by atoms with van der Waals surface area (Å²) in [5.74, 6) is -0.480. The van der Waals surface area contributed by atoms with Crippen LogP contribution in [0.25, 0.3) is 0 Å². The van der Waals surface area contributed by atoms with Gasteiger partial charge in [-0.2, -0.15) is 5.10 Å². The van der Waals surface area contributed by atoms with Gasteiger partial charge in [0.2, 0.25) is 11.8 Å². The molecule has 0 spiro atoms. The molecule has 2 N–H and O–H groups in total. The van der Waals surface area contributed by atoms with Crippen molar-refractivity contribution >= 4 is 23.3 Å². The van der Waals surface area contributed by atoms with Crippen LogP contribution in [0.1, 0.15) is 57.9 Å². The van der Waals surface area contributed by atoms with Gasteiger partial charge in [0.15, 0.2) is 0 Å². The zero-order valence-corrected chi connectivity index (χ0v) is 16.6. The molecule has 1 fully saturated rings. The molecule has 152 valence electrons. The van der Waals surface area contributed by atoms with Crippen molar-refractivity contribution < 1.29 is 19.5 Å². The molecule has 0 bridgehead atoms. The van der Waals surface area contributed by atoms with Crippen LogP contribution in [0, 0.1) is 5.92 Å². The van der Waals surface area contributed by atoms with E-state index in [2.05, 4.69) is 10.5 Å². The molecule has 2 amide bonds. The second kappa shape index (κ2) is 10.7. The SMILES string of the molecule is CC(=O)CCCC/C(=N/NC(=O)CCN1C(=O)C(C)CC1O)c1ccccc1. The van der Waals surface area contributed by atoms with Crippen LogP contribution >= 0.6 is 0 Å². The average molecular weight is 387 g/mol. The van der Waals surface area contributed by atoms with Gasteiger partial charge in [-0.25, -0.2) is 5.43 Å². The van der Waals surface area contributed by atoms with Crippen molar-refractivity contribution in [1.29, 1.82) is 0 Å². The lowest BCUT2D eigenvalue weighted by Crippen LogP contribution is -2.36. The highest BCUT2D eigenvalue weighted by Gasteiger charge is 2.35. The van der Waals surface area contributed by atoms with E-state index in [0.717, 1.165) is 24.1 Å². The number of nitrogens with zero attached hydrogens (tertiary/aromatic N) is 2. The van der Waals surface area contributed by atoms with Crippen LogP contribution in [-0.2, 0) is 14.4 Å². The van der Waals surface area contributed by atoms with Gasteiger partial charge in [-0.1, -0.05) is 37.3 Å². The van der Waals surface area contributed by atoms with E-state index in [1.54, 1.807) is 13.8 Å². The summed E-state index contributed by atoms with van der Waals surface area (Å²) in [5.41, 5.74) is 4.23. The second-order valence-electron chi connectivity index (χ2n) is 7.27. The van der Waals surface area contributed by atoms with Gasteiger partial charge in [-0.3, -0.25) is 9.59 Å². The maximum absolute atomic E-state index is 12.2. The Morgan fingerprint density at radius 1 is 1.18 bits per heavy atom. The standard InChI is InChI=1S/C21H29N3O4/c1-15-14-20(27)24(21(15)28)13-12-19(26)23-22-18(11-7-6-8-16(2)25)17-9-4-3-5-10-17/h3-5,9-10,15,20,27H,6-8,11-14H2,1-2H3,(H,23,26)/b22-18-. The third kappa shape index (κ3) is 6.56.